The zero-order chi connectivity index (χ0) is 14.8. The Morgan fingerprint density at radius 1 is 1.40 bits per heavy atom. The summed E-state index contributed by atoms with van der Waals surface area (Å²) in [5.41, 5.74) is -0.869. The number of carbonyl (C=O) groups is 1. The lowest BCUT2D eigenvalue weighted by Gasteiger charge is -2.26. The Hall–Kier alpha value is -2.18. The number of rotatable bonds is 6. The van der Waals surface area contributed by atoms with E-state index in [0.29, 0.717) is 24.4 Å². The van der Waals surface area contributed by atoms with Gasteiger partial charge in [0.2, 0.25) is 5.82 Å². The average molecular weight is 278 g/mol. The van der Waals surface area contributed by atoms with Crippen LogP contribution in [-0.2, 0) is 11.3 Å². The number of tetrazole rings is 1. The minimum Gasteiger partial charge on any atom is -0.481 e. The smallest absolute Gasteiger partial charge is 0.311 e. The largest absolute Gasteiger partial charge is 0.481 e. The Morgan fingerprint density at radius 3 is 2.60 bits per heavy atom. The summed E-state index contributed by atoms with van der Waals surface area (Å²) in [7, 11) is 0. The molecule has 7 heteroatoms. The fourth-order valence-electron chi connectivity index (χ4n) is 2.17. The van der Waals surface area contributed by atoms with Crippen LogP contribution >= 0.6 is 0 Å². The predicted molar refractivity (Wildman–Crippen MR) is 70.9 cm³/mol. The lowest BCUT2D eigenvalue weighted by Crippen LogP contribution is -2.35. The van der Waals surface area contributed by atoms with E-state index in [1.165, 1.54) is 4.68 Å². The highest BCUT2D eigenvalue weighted by Gasteiger charge is 2.36. The second kappa shape index (κ2) is 5.44. The first-order valence-electron chi connectivity index (χ1n) is 6.58. The van der Waals surface area contributed by atoms with E-state index in [4.69, 9.17) is 4.42 Å². The molecule has 0 saturated carbocycles. The Morgan fingerprint density at radius 2 is 2.10 bits per heavy atom. The molecular weight excluding hydrogens is 260 g/mol. The first kappa shape index (κ1) is 14.2. The lowest BCUT2D eigenvalue weighted by molar-refractivity contribution is -0.150. The number of aliphatic carboxylic acids is 1. The van der Waals surface area contributed by atoms with Gasteiger partial charge in [0, 0.05) is 0 Å². The maximum Gasteiger partial charge on any atom is 0.311 e. The van der Waals surface area contributed by atoms with Crippen LogP contribution in [0.1, 0.15) is 32.4 Å². The van der Waals surface area contributed by atoms with Crippen molar-refractivity contribution in [2.24, 2.45) is 5.41 Å². The van der Waals surface area contributed by atoms with Crippen LogP contribution < -0.4 is 0 Å². The fourth-order valence-corrected chi connectivity index (χ4v) is 2.17. The summed E-state index contributed by atoms with van der Waals surface area (Å²) in [5.74, 6) is 0.911. The molecule has 2 heterocycles. The van der Waals surface area contributed by atoms with Gasteiger partial charge in [-0.25, -0.2) is 4.68 Å². The minimum absolute atomic E-state index is 0.220. The molecule has 0 aliphatic carbocycles. The Labute approximate surface area is 116 Å². The second-order valence-corrected chi connectivity index (χ2v) is 4.86. The first-order valence-corrected chi connectivity index (χ1v) is 6.58. The summed E-state index contributed by atoms with van der Waals surface area (Å²) in [5, 5.41) is 20.9. The molecule has 20 heavy (non-hydrogen) atoms. The van der Waals surface area contributed by atoms with Crippen LogP contribution in [-0.4, -0.2) is 31.3 Å². The number of aryl methyl sites for hydroxylation is 1. The van der Waals surface area contributed by atoms with Crippen LogP contribution in [0, 0.1) is 12.3 Å². The van der Waals surface area contributed by atoms with Gasteiger partial charge in [-0.1, -0.05) is 13.8 Å². The SMILES string of the molecule is CCC(CC)(Cn1nnnc1-c1ccc(C)o1)C(=O)O. The van der Waals surface area contributed by atoms with E-state index in [9.17, 15) is 9.90 Å². The van der Waals surface area contributed by atoms with Gasteiger partial charge in [0.15, 0.2) is 5.76 Å². The van der Waals surface area contributed by atoms with E-state index < -0.39 is 11.4 Å². The standard InChI is InChI=1S/C13H18N4O3/c1-4-13(5-2,12(18)19)8-17-11(14-15-16-17)10-7-6-9(3)20-10/h6-7H,4-5,8H2,1-3H3,(H,18,19). The molecule has 0 unspecified atom stereocenters. The van der Waals surface area contributed by atoms with E-state index in [1.807, 2.05) is 26.8 Å². The van der Waals surface area contributed by atoms with Gasteiger partial charge < -0.3 is 9.52 Å². The third kappa shape index (κ3) is 2.43. The molecule has 108 valence electrons. The molecule has 0 saturated heterocycles. The molecule has 0 spiro atoms. The van der Waals surface area contributed by atoms with Gasteiger partial charge in [0.25, 0.3) is 0 Å². The van der Waals surface area contributed by atoms with Crippen molar-refractivity contribution in [2.45, 2.75) is 40.2 Å². The van der Waals surface area contributed by atoms with E-state index in [0.717, 1.165) is 5.76 Å². The topological polar surface area (TPSA) is 94.0 Å². The zero-order valence-electron chi connectivity index (χ0n) is 11.8. The third-order valence-electron chi connectivity index (χ3n) is 3.75. The number of nitrogens with zero attached hydrogens (tertiary/aromatic N) is 4. The molecule has 1 N–H and O–H groups in total. The molecular formula is C13H18N4O3. The second-order valence-electron chi connectivity index (χ2n) is 4.86. The highest BCUT2D eigenvalue weighted by molar-refractivity contribution is 5.74. The van der Waals surface area contributed by atoms with Gasteiger partial charge in [-0.2, -0.15) is 0 Å². The van der Waals surface area contributed by atoms with Gasteiger partial charge in [0.05, 0.1) is 12.0 Å². The molecule has 0 fully saturated rings. The van der Waals surface area contributed by atoms with Crippen molar-refractivity contribution in [2.75, 3.05) is 0 Å². The van der Waals surface area contributed by atoms with Crippen LogP contribution in [0.25, 0.3) is 11.6 Å². The quantitative estimate of drug-likeness (QED) is 0.869. The fraction of sp³-hybridized carbons (Fsp3) is 0.538. The molecule has 0 amide bonds. The summed E-state index contributed by atoms with van der Waals surface area (Å²) in [6.07, 6.45) is 1.02. The molecule has 0 aliphatic heterocycles. The summed E-state index contributed by atoms with van der Waals surface area (Å²) in [6.45, 7) is 5.77. The van der Waals surface area contributed by atoms with Gasteiger partial charge in [0.1, 0.15) is 5.76 Å². The molecule has 0 atom stereocenters. The van der Waals surface area contributed by atoms with Gasteiger partial charge in [-0.15, -0.1) is 5.10 Å². The van der Waals surface area contributed by atoms with Crippen molar-refractivity contribution in [3.8, 4) is 11.6 Å². The molecule has 0 aromatic carbocycles. The van der Waals surface area contributed by atoms with Gasteiger partial charge in [-0.3, -0.25) is 4.79 Å². The summed E-state index contributed by atoms with van der Waals surface area (Å²) in [6, 6.07) is 3.59. The van der Waals surface area contributed by atoms with E-state index in [-0.39, 0.29) is 6.54 Å². The molecule has 2 aromatic heterocycles. The van der Waals surface area contributed by atoms with Crippen LogP contribution in [0.15, 0.2) is 16.5 Å². The van der Waals surface area contributed by atoms with E-state index >= 15 is 0 Å². The first-order chi connectivity index (χ1) is 9.52. The molecule has 7 nitrogen and oxygen atoms in total. The highest BCUT2D eigenvalue weighted by atomic mass is 16.4. The van der Waals surface area contributed by atoms with E-state index in [2.05, 4.69) is 15.5 Å². The Kier molecular flexibility index (Phi) is 3.87. The van der Waals surface area contributed by atoms with Crippen LogP contribution in [0.4, 0.5) is 0 Å². The number of carboxylic acids is 1. The summed E-state index contributed by atoms with van der Waals surface area (Å²) < 4.78 is 7.00. The van der Waals surface area contributed by atoms with Gasteiger partial charge >= 0.3 is 5.97 Å². The number of furan rings is 1. The zero-order valence-corrected chi connectivity index (χ0v) is 11.8. The van der Waals surface area contributed by atoms with Crippen molar-refractivity contribution in [1.82, 2.24) is 20.2 Å². The van der Waals surface area contributed by atoms with Gasteiger partial charge in [-0.05, 0) is 42.3 Å². The number of hydrogen-bond donors (Lipinski definition) is 1. The maximum absolute atomic E-state index is 11.6. The van der Waals surface area contributed by atoms with Crippen molar-refractivity contribution < 1.29 is 14.3 Å². The van der Waals surface area contributed by atoms with Crippen molar-refractivity contribution in [3.63, 3.8) is 0 Å². The van der Waals surface area contributed by atoms with Crippen molar-refractivity contribution >= 4 is 5.97 Å². The minimum atomic E-state index is -0.869. The number of carboxylic acid groups (broad SMARTS) is 1. The van der Waals surface area contributed by atoms with Crippen molar-refractivity contribution in [3.05, 3.63) is 17.9 Å². The Bertz CT molecular complexity index is 598. The average Bonchev–Trinajstić information content (AvgIpc) is 3.04. The molecule has 2 aromatic rings. The van der Waals surface area contributed by atoms with Crippen LogP contribution in [0.3, 0.4) is 0 Å². The molecule has 0 aliphatic rings. The maximum atomic E-state index is 11.6. The number of hydrogen-bond acceptors (Lipinski definition) is 5. The molecule has 2 rings (SSSR count). The predicted octanol–water partition coefficient (Wildman–Crippen LogP) is 2.13. The third-order valence-corrected chi connectivity index (χ3v) is 3.75. The van der Waals surface area contributed by atoms with Crippen LogP contribution in [0.2, 0.25) is 0 Å². The number of aromatic nitrogens is 4. The summed E-state index contributed by atoms with van der Waals surface area (Å²) >= 11 is 0. The van der Waals surface area contributed by atoms with Crippen molar-refractivity contribution in [1.29, 1.82) is 0 Å². The highest BCUT2D eigenvalue weighted by Crippen LogP contribution is 2.30. The molecule has 0 radical (unpaired) electrons. The monoisotopic (exact) mass is 278 g/mol. The molecule has 0 bridgehead atoms. The Balaban J connectivity index is 2.35. The normalized spacial score (nSPS) is 11.8. The summed E-state index contributed by atoms with van der Waals surface area (Å²) in [4.78, 5) is 11.6. The van der Waals surface area contributed by atoms with E-state index in [1.54, 1.807) is 6.07 Å². The lowest BCUT2D eigenvalue weighted by atomic mass is 9.82. The van der Waals surface area contributed by atoms with Crippen LogP contribution in [0.5, 0.6) is 0 Å².